The zero-order valence-corrected chi connectivity index (χ0v) is 12.6. The summed E-state index contributed by atoms with van der Waals surface area (Å²) in [5.41, 5.74) is 6.66. The fraction of sp³-hybridized carbons (Fsp3) is 0.182. The third-order valence-electron chi connectivity index (χ3n) is 2.53. The van der Waals surface area contributed by atoms with Gasteiger partial charge < -0.3 is 10.7 Å². The number of rotatable bonds is 5. The van der Waals surface area contributed by atoms with Crippen molar-refractivity contribution in [3.63, 3.8) is 0 Å². The van der Waals surface area contributed by atoms with Crippen molar-refractivity contribution in [1.29, 1.82) is 0 Å². The van der Waals surface area contributed by atoms with Gasteiger partial charge in [-0.3, -0.25) is 0 Å². The van der Waals surface area contributed by atoms with E-state index in [0.717, 1.165) is 5.69 Å². The molecular weight excluding hydrogens is 323 g/mol. The van der Waals surface area contributed by atoms with E-state index in [0.29, 0.717) is 12.1 Å². The van der Waals surface area contributed by atoms with E-state index in [-0.39, 0.29) is 21.5 Å². The molecule has 2 aromatic rings. The predicted molar refractivity (Wildman–Crippen MR) is 78.4 cm³/mol. The van der Waals surface area contributed by atoms with E-state index in [1.807, 2.05) is 0 Å². The van der Waals surface area contributed by atoms with Gasteiger partial charge in [-0.25, -0.2) is 18.1 Å². The van der Waals surface area contributed by atoms with Crippen LogP contribution in [-0.2, 0) is 16.4 Å². The lowest BCUT2D eigenvalue weighted by Gasteiger charge is -2.10. The van der Waals surface area contributed by atoms with E-state index in [1.54, 1.807) is 6.20 Å². The third kappa shape index (κ3) is 3.43. The van der Waals surface area contributed by atoms with Gasteiger partial charge in [-0.2, -0.15) is 0 Å². The number of nitrogen functional groups attached to an aromatic ring is 1. The first-order valence-electron chi connectivity index (χ1n) is 5.61. The number of halogens is 2. The highest BCUT2D eigenvalue weighted by molar-refractivity contribution is 7.89. The summed E-state index contributed by atoms with van der Waals surface area (Å²) >= 11 is 11.8. The number of imidazole rings is 1. The Kier molecular flexibility index (Phi) is 4.54. The first kappa shape index (κ1) is 15.1. The minimum atomic E-state index is -3.80. The maximum absolute atomic E-state index is 12.2. The second-order valence-corrected chi connectivity index (χ2v) is 6.56. The number of aromatic nitrogens is 2. The number of H-pyrrole nitrogens is 1. The number of benzene rings is 1. The van der Waals surface area contributed by atoms with Crippen molar-refractivity contribution in [1.82, 2.24) is 14.7 Å². The summed E-state index contributed by atoms with van der Waals surface area (Å²) in [5.74, 6) is 0. The van der Waals surface area contributed by atoms with Crippen molar-refractivity contribution in [2.24, 2.45) is 0 Å². The quantitative estimate of drug-likeness (QED) is 0.726. The van der Waals surface area contributed by atoms with Crippen LogP contribution in [0.25, 0.3) is 0 Å². The Hall–Kier alpha value is -1.28. The minimum Gasteiger partial charge on any atom is -0.399 e. The van der Waals surface area contributed by atoms with Crippen LogP contribution in [0.1, 0.15) is 5.69 Å². The highest BCUT2D eigenvalue weighted by atomic mass is 35.5. The lowest BCUT2D eigenvalue weighted by Crippen LogP contribution is -2.26. The molecule has 0 aliphatic carbocycles. The van der Waals surface area contributed by atoms with Crippen LogP contribution in [0.4, 0.5) is 5.69 Å². The smallest absolute Gasteiger partial charge is 0.243 e. The summed E-state index contributed by atoms with van der Waals surface area (Å²) in [7, 11) is -3.80. The molecule has 9 heteroatoms. The molecule has 1 aromatic carbocycles. The normalized spacial score (nSPS) is 11.7. The van der Waals surface area contributed by atoms with Crippen molar-refractivity contribution >= 4 is 38.9 Å². The molecule has 0 aliphatic rings. The molecule has 0 aliphatic heterocycles. The number of hydrogen-bond acceptors (Lipinski definition) is 4. The standard InChI is InChI=1S/C11H12Cl2N4O2S/c12-9-3-7(14)4-10(13)11(9)20(18,19)17-2-1-8-5-15-6-16-8/h3-6,17H,1-2,14H2,(H,15,16). The van der Waals surface area contributed by atoms with Gasteiger partial charge in [-0.05, 0) is 12.1 Å². The Bertz CT molecular complexity index is 678. The van der Waals surface area contributed by atoms with E-state index in [1.165, 1.54) is 18.5 Å². The monoisotopic (exact) mass is 334 g/mol. The molecule has 0 amide bonds. The summed E-state index contributed by atoms with van der Waals surface area (Å²) in [6, 6.07) is 2.69. The van der Waals surface area contributed by atoms with E-state index in [2.05, 4.69) is 14.7 Å². The Morgan fingerprint density at radius 2 is 1.95 bits per heavy atom. The van der Waals surface area contributed by atoms with Crippen molar-refractivity contribution in [3.05, 3.63) is 40.4 Å². The van der Waals surface area contributed by atoms with Gasteiger partial charge >= 0.3 is 0 Å². The molecule has 6 nitrogen and oxygen atoms in total. The van der Waals surface area contributed by atoms with E-state index >= 15 is 0 Å². The molecule has 0 bridgehead atoms. The Morgan fingerprint density at radius 3 is 2.50 bits per heavy atom. The highest BCUT2D eigenvalue weighted by Gasteiger charge is 2.21. The molecule has 4 N–H and O–H groups in total. The van der Waals surface area contributed by atoms with Crippen molar-refractivity contribution in [2.75, 3.05) is 12.3 Å². The van der Waals surface area contributed by atoms with Crippen LogP contribution >= 0.6 is 23.2 Å². The number of nitrogens with zero attached hydrogens (tertiary/aromatic N) is 1. The zero-order valence-electron chi connectivity index (χ0n) is 10.2. The van der Waals surface area contributed by atoms with Crippen LogP contribution in [0.5, 0.6) is 0 Å². The summed E-state index contributed by atoms with van der Waals surface area (Å²) in [6.07, 6.45) is 3.62. The molecule has 0 spiro atoms. The summed E-state index contributed by atoms with van der Waals surface area (Å²) < 4.78 is 26.8. The van der Waals surface area contributed by atoms with Gasteiger partial charge in [0.05, 0.1) is 16.4 Å². The average Bonchev–Trinajstić information content (AvgIpc) is 2.79. The molecule has 0 saturated carbocycles. The Morgan fingerprint density at radius 1 is 1.30 bits per heavy atom. The first-order valence-corrected chi connectivity index (χ1v) is 7.85. The van der Waals surface area contributed by atoms with Gasteiger partial charge in [-0.1, -0.05) is 23.2 Å². The lowest BCUT2D eigenvalue weighted by atomic mass is 10.3. The van der Waals surface area contributed by atoms with Crippen molar-refractivity contribution in [2.45, 2.75) is 11.3 Å². The maximum atomic E-state index is 12.2. The second kappa shape index (κ2) is 6.01. The number of nitrogens with one attached hydrogen (secondary N) is 2. The summed E-state index contributed by atoms with van der Waals surface area (Å²) in [4.78, 5) is 6.56. The largest absolute Gasteiger partial charge is 0.399 e. The molecule has 0 atom stereocenters. The number of nitrogens with two attached hydrogens (primary N) is 1. The molecule has 20 heavy (non-hydrogen) atoms. The predicted octanol–water partition coefficient (Wildman–Crippen LogP) is 1.82. The van der Waals surface area contributed by atoms with Crippen molar-refractivity contribution < 1.29 is 8.42 Å². The van der Waals surface area contributed by atoms with E-state index < -0.39 is 10.0 Å². The van der Waals surface area contributed by atoms with Crippen LogP contribution in [0.2, 0.25) is 10.0 Å². The fourth-order valence-corrected chi connectivity index (χ4v) is 3.91. The van der Waals surface area contributed by atoms with Gasteiger partial charge in [0.25, 0.3) is 0 Å². The number of anilines is 1. The van der Waals surface area contributed by atoms with Gasteiger partial charge in [0.15, 0.2) is 0 Å². The third-order valence-corrected chi connectivity index (χ3v) is 4.91. The van der Waals surface area contributed by atoms with Crippen LogP contribution in [0.15, 0.2) is 29.6 Å². The molecule has 0 unspecified atom stereocenters. The van der Waals surface area contributed by atoms with Crippen LogP contribution in [-0.4, -0.2) is 24.9 Å². The SMILES string of the molecule is Nc1cc(Cl)c(S(=O)(=O)NCCc2cnc[nH]2)c(Cl)c1. The van der Waals surface area contributed by atoms with Crippen LogP contribution in [0, 0.1) is 0 Å². The Balaban J connectivity index is 2.14. The first-order chi connectivity index (χ1) is 9.40. The molecule has 0 fully saturated rings. The topological polar surface area (TPSA) is 101 Å². The van der Waals surface area contributed by atoms with Crippen LogP contribution < -0.4 is 10.5 Å². The molecule has 0 radical (unpaired) electrons. The highest BCUT2D eigenvalue weighted by Crippen LogP contribution is 2.31. The number of sulfonamides is 1. The van der Waals surface area contributed by atoms with Gasteiger partial charge in [-0.15, -0.1) is 0 Å². The minimum absolute atomic E-state index is 0.0101. The molecule has 2 rings (SSSR count). The number of aromatic amines is 1. The number of hydrogen-bond donors (Lipinski definition) is 3. The van der Waals surface area contributed by atoms with Gasteiger partial charge in [0.1, 0.15) is 4.90 Å². The Labute approximate surface area is 126 Å². The lowest BCUT2D eigenvalue weighted by molar-refractivity contribution is 0.581. The maximum Gasteiger partial charge on any atom is 0.243 e. The molecule has 1 aromatic heterocycles. The summed E-state index contributed by atoms with van der Waals surface area (Å²) in [5, 5.41) is -0.0203. The van der Waals surface area contributed by atoms with E-state index in [9.17, 15) is 8.42 Å². The molecule has 108 valence electrons. The molecular formula is C11H12Cl2N4O2S. The van der Waals surface area contributed by atoms with Gasteiger partial charge in [0, 0.05) is 30.5 Å². The van der Waals surface area contributed by atoms with Crippen LogP contribution in [0.3, 0.4) is 0 Å². The van der Waals surface area contributed by atoms with Crippen molar-refractivity contribution in [3.8, 4) is 0 Å². The molecule has 1 heterocycles. The van der Waals surface area contributed by atoms with E-state index in [4.69, 9.17) is 28.9 Å². The van der Waals surface area contributed by atoms with Gasteiger partial charge in [0.2, 0.25) is 10.0 Å². The summed E-state index contributed by atoms with van der Waals surface area (Å²) in [6.45, 7) is 0.196. The second-order valence-electron chi connectivity index (χ2n) is 4.04. The molecule has 0 saturated heterocycles. The fourth-order valence-electron chi connectivity index (χ4n) is 1.65. The average molecular weight is 335 g/mol. The zero-order chi connectivity index (χ0) is 14.8.